The molecular formula is C12H17NO2. The molecule has 1 aliphatic heterocycles. The molecule has 82 valence electrons. The number of methoxy groups -OCH3 is 1. The Morgan fingerprint density at radius 2 is 2.27 bits per heavy atom. The van der Waals surface area contributed by atoms with Gasteiger partial charge in [0.25, 0.3) is 0 Å². The lowest BCUT2D eigenvalue weighted by molar-refractivity contribution is 0.115. The Bertz CT molecular complexity index is 327. The monoisotopic (exact) mass is 207 g/mol. The number of hydrogen-bond acceptors (Lipinski definition) is 3. The molecule has 0 aliphatic carbocycles. The summed E-state index contributed by atoms with van der Waals surface area (Å²) in [5.74, 6) is 1.37. The van der Waals surface area contributed by atoms with Crippen LogP contribution in [-0.2, 0) is 4.74 Å². The van der Waals surface area contributed by atoms with E-state index in [4.69, 9.17) is 15.2 Å². The number of ether oxygens (including phenoxy) is 2. The summed E-state index contributed by atoms with van der Waals surface area (Å²) in [6.45, 7) is 1.36. The van der Waals surface area contributed by atoms with Gasteiger partial charge in [-0.2, -0.15) is 0 Å². The third-order valence-electron chi connectivity index (χ3n) is 2.92. The van der Waals surface area contributed by atoms with Crippen LogP contribution in [0.2, 0.25) is 0 Å². The van der Waals surface area contributed by atoms with E-state index in [1.807, 2.05) is 18.2 Å². The molecule has 3 nitrogen and oxygen atoms in total. The third-order valence-corrected chi connectivity index (χ3v) is 2.92. The molecule has 1 saturated heterocycles. The molecule has 2 rings (SSSR count). The van der Waals surface area contributed by atoms with Gasteiger partial charge in [-0.3, -0.25) is 0 Å². The van der Waals surface area contributed by atoms with E-state index in [9.17, 15) is 0 Å². The molecule has 0 radical (unpaired) electrons. The maximum Gasteiger partial charge on any atom is 0.122 e. The van der Waals surface area contributed by atoms with Gasteiger partial charge in [-0.25, -0.2) is 0 Å². The SMILES string of the molecule is COc1ccccc1[C@@H]1CO[C@@H](CN)C1. The summed E-state index contributed by atoms with van der Waals surface area (Å²) in [6.07, 6.45) is 1.21. The second-order valence-electron chi connectivity index (χ2n) is 3.87. The second kappa shape index (κ2) is 4.64. The van der Waals surface area contributed by atoms with Crippen molar-refractivity contribution in [2.24, 2.45) is 5.73 Å². The lowest BCUT2D eigenvalue weighted by Crippen LogP contribution is -2.18. The van der Waals surface area contributed by atoms with Gasteiger partial charge in [0.1, 0.15) is 5.75 Å². The summed E-state index contributed by atoms with van der Waals surface area (Å²) in [5, 5.41) is 0. The van der Waals surface area contributed by atoms with Gasteiger partial charge < -0.3 is 15.2 Å². The smallest absolute Gasteiger partial charge is 0.122 e. The summed E-state index contributed by atoms with van der Waals surface area (Å²) in [7, 11) is 1.70. The predicted octanol–water partition coefficient (Wildman–Crippen LogP) is 1.53. The first-order valence-electron chi connectivity index (χ1n) is 5.29. The van der Waals surface area contributed by atoms with E-state index in [0.717, 1.165) is 18.8 Å². The minimum atomic E-state index is 0.208. The molecule has 0 amide bonds. The summed E-state index contributed by atoms with van der Waals surface area (Å²) >= 11 is 0. The molecule has 1 fully saturated rings. The average molecular weight is 207 g/mol. The minimum absolute atomic E-state index is 0.208. The van der Waals surface area contributed by atoms with Crippen LogP contribution in [0, 0.1) is 0 Å². The van der Waals surface area contributed by atoms with Crippen molar-refractivity contribution in [3.05, 3.63) is 29.8 Å². The van der Waals surface area contributed by atoms with Crippen LogP contribution in [0.4, 0.5) is 0 Å². The fraction of sp³-hybridized carbons (Fsp3) is 0.500. The van der Waals surface area contributed by atoms with Crippen LogP contribution in [0.25, 0.3) is 0 Å². The Morgan fingerprint density at radius 1 is 1.47 bits per heavy atom. The largest absolute Gasteiger partial charge is 0.496 e. The van der Waals surface area contributed by atoms with E-state index < -0.39 is 0 Å². The Labute approximate surface area is 90.2 Å². The third kappa shape index (κ3) is 2.13. The van der Waals surface area contributed by atoms with Crippen LogP contribution in [0.3, 0.4) is 0 Å². The molecule has 0 unspecified atom stereocenters. The van der Waals surface area contributed by atoms with E-state index in [1.165, 1.54) is 5.56 Å². The van der Waals surface area contributed by atoms with E-state index in [0.29, 0.717) is 12.5 Å². The molecule has 0 aromatic heterocycles. The lowest BCUT2D eigenvalue weighted by atomic mass is 9.95. The maximum atomic E-state index is 5.59. The van der Waals surface area contributed by atoms with Crippen molar-refractivity contribution in [1.82, 2.24) is 0 Å². The van der Waals surface area contributed by atoms with Crippen molar-refractivity contribution in [3.8, 4) is 5.75 Å². The summed E-state index contributed by atoms with van der Waals surface area (Å²) in [6, 6.07) is 8.11. The van der Waals surface area contributed by atoms with Crippen LogP contribution in [0.1, 0.15) is 17.9 Å². The average Bonchev–Trinajstić information content (AvgIpc) is 2.77. The van der Waals surface area contributed by atoms with Gasteiger partial charge in [0.2, 0.25) is 0 Å². The van der Waals surface area contributed by atoms with E-state index >= 15 is 0 Å². The summed E-state index contributed by atoms with van der Waals surface area (Å²) < 4.78 is 10.9. The van der Waals surface area contributed by atoms with E-state index in [1.54, 1.807) is 7.11 Å². The molecule has 0 spiro atoms. The number of hydrogen-bond donors (Lipinski definition) is 1. The van der Waals surface area contributed by atoms with Crippen LogP contribution < -0.4 is 10.5 Å². The highest BCUT2D eigenvalue weighted by atomic mass is 16.5. The molecule has 3 heteroatoms. The highest BCUT2D eigenvalue weighted by Gasteiger charge is 2.27. The molecule has 1 aromatic carbocycles. The predicted molar refractivity (Wildman–Crippen MR) is 59.1 cm³/mol. The highest BCUT2D eigenvalue weighted by Crippen LogP contribution is 2.34. The normalized spacial score (nSPS) is 25.5. The Kier molecular flexibility index (Phi) is 3.23. The van der Waals surface area contributed by atoms with Crippen LogP contribution in [0.5, 0.6) is 5.75 Å². The highest BCUT2D eigenvalue weighted by molar-refractivity contribution is 5.36. The summed E-state index contributed by atoms with van der Waals surface area (Å²) in [4.78, 5) is 0. The number of para-hydroxylation sites is 1. The molecule has 0 bridgehead atoms. The first-order chi connectivity index (χ1) is 7.35. The molecule has 0 saturated carbocycles. The van der Waals surface area contributed by atoms with E-state index in [2.05, 4.69) is 6.07 Å². The van der Waals surface area contributed by atoms with Gasteiger partial charge >= 0.3 is 0 Å². The van der Waals surface area contributed by atoms with Crippen LogP contribution >= 0.6 is 0 Å². The molecular weight excluding hydrogens is 190 g/mol. The molecule has 1 aromatic rings. The van der Waals surface area contributed by atoms with Crippen molar-refractivity contribution in [3.63, 3.8) is 0 Å². The second-order valence-corrected chi connectivity index (χ2v) is 3.87. The minimum Gasteiger partial charge on any atom is -0.496 e. The topological polar surface area (TPSA) is 44.5 Å². The van der Waals surface area contributed by atoms with Gasteiger partial charge in [-0.15, -0.1) is 0 Å². The number of nitrogens with two attached hydrogens (primary N) is 1. The van der Waals surface area contributed by atoms with Crippen molar-refractivity contribution in [1.29, 1.82) is 0 Å². The first-order valence-corrected chi connectivity index (χ1v) is 5.29. The van der Waals surface area contributed by atoms with Crippen molar-refractivity contribution in [2.45, 2.75) is 18.4 Å². The molecule has 1 aliphatic rings. The zero-order chi connectivity index (χ0) is 10.7. The van der Waals surface area contributed by atoms with Crippen LogP contribution in [-0.4, -0.2) is 26.4 Å². The molecule has 15 heavy (non-hydrogen) atoms. The molecule has 1 heterocycles. The van der Waals surface area contributed by atoms with Gasteiger partial charge in [0.15, 0.2) is 0 Å². The molecule has 2 atom stereocenters. The quantitative estimate of drug-likeness (QED) is 0.817. The molecule has 2 N–H and O–H groups in total. The standard InChI is InChI=1S/C12H17NO2/c1-14-12-5-3-2-4-11(12)9-6-10(7-13)15-8-9/h2-5,9-10H,6-8,13H2,1H3/t9-,10+/m0/s1. The number of benzene rings is 1. The van der Waals surface area contributed by atoms with Gasteiger partial charge in [0, 0.05) is 12.5 Å². The Hall–Kier alpha value is -1.06. The zero-order valence-electron chi connectivity index (χ0n) is 8.98. The summed E-state index contributed by atoms with van der Waals surface area (Å²) in [5.41, 5.74) is 6.82. The van der Waals surface area contributed by atoms with E-state index in [-0.39, 0.29) is 6.10 Å². The van der Waals surface area contributed by atoms with Crippen LogP contribution in [0.15, 0.2) is 24.3 Å². The van der Waals surface area contributed by atoms with Gasteiger partial charge in [0.05, 0.1) is 19.8 Å². The maximum absolute atomic E-state index is 5.59. The van der Waals surface area contributed by atoms with Crippen molar-refractivity contribution >= 4 is 0 Å². The Morgan fingerprint density at radius 3 is 2.93 bits per heavy atom. The zero-order valence-corrected chi connectivity index (χ0v) is 8.98. The number of rotatable bonds is 3. The Balaban J connectivity index is 2.16. The fourth-order valence-corrected chi connectivity index (χ4v) is 2.09. The van der Waals surface area contributed by atoms with Crippen molar-refractivity contribution < 1.29 is 9.47 Å². The van der Waals surface area contributed by atoms with Gasteiger partial charge in [-0.05, 0) is 18.1 Å². The fourth-order valence-electron chi connectivity index (χ4n) is 2.09. The van der Waals surface area contributed by atoms with Crippen molar-refractivity contribution in [2.75, 3.05) is 20.3 Å². The first kappa shape index (κ1) is 10.5. The van der Waals surface area contributed by atoms with Gasteiger partial charge in [-0.1, -0.05) is 18.2 Å². The lowest BCUT2D eigenvalue weighted by Gasteiger charge is -2.12.